The van der Waals surface area contributed by atoms with Crippen molar-refractivity contribution in [3.8, 4) is 5.75 Å². The van der Waals surface area contributed by atoms with Crippen molar-refractivity contribution < 1.29 is 13.9 Å². The molecule has 2 aromatic carbocycles. The van der Waals surface area contributed by atoms with Gasteiger partial charge in [0.15, 0.2) is 0 Å². The van der Waals surface area contributed by atoms with Gasteiger partial charge in [0.1, 0.15) is 11.6 Å². The molecule has 22 heavy (non-hydrogen) atoms. The highest BCUT2D eigenvalue weighted by molar-refractivity contribution is 8.00. The number of hydrogen-bond donors (Lipinski definition) is 1. The van der Waals surface area contributed by atoms with Crippen LogP contribution in [0.5, 0.6) is 5.75 Å². The third-order valence-electron chi connectivity index (χ3n) is 3.18. The number of halogens is 1. The van der Waals surface area contributed by atoms with Crippen LogP contribution in [0.15, 0.2) is 53.4 Å². The van der Waals surface area contributed by atoms with Crippen LogP contribution in [0.4, 0.5) is 4.39 Å². The zero-order valence-corrected chi connectivity index (χ0v) is 13.3. The molecule has 0 aliphatic heterocycles. The Hall–Kier alpha value is -2.01. The first-order valence-electron chi connectivity index (χ1n) is 6.90. The zero-order valence-electron chi connectivity index (χ0n) is 12.5. The molecule has 0 aromatic heterocycles. The SMILES string of the molecule is COc1ccc(SCC(=O)N[C@@H](C)c2ccc(F)cc2)cc1. The Bertz CT molecular complexity index is 614. The normalized spacial score (nSPS) is 11.8. The zero-order chi connectivity index (χ0) is 15.9. The van der Waals surface area contributed by atoms with Crippen molar-refractivity contribution in [3.05, 3.63) is 59.9 Å². The molecule has 5 heteroatoms. The molecule has 0 unspecified atom stereocenters. The van der Waals surface area contributed by atoms with E-state index < -0.39 is 0 Å². The maximum absolute atomic E-state index is 12.9. The van der Waals surface area contributed by atoms with Crippen LogP contribution in [0, 0.1) is 5.82 Å². The van der Waals surface area contributed by atoms with Crippen molar-refractivity contribution in [2.75, 3.05) is 12.9 Å². The molecule has 0 fully saturated rings. The van der Waals surface area contributed by atoms with Crippen LogP contribution in [0.25, 0.3) is 0 Å². The van der Waals surface area contributed by atoms with Gasteiger partial charge in [-0.2, -0.15) is 0 Å². The summed E-state index contributed by atoms with van der Waals surface area (Å²) >= 11 is 1.46. The molecular weight excluding hydrogens is 301 g/mol. The smallest absolute Gasteiger partial charge is 0.230 e. The van der Waals surface area contributed by atoms with Gasteiger partial charge in [0, 0.05) is 4.90 Å². The minimum atomic E-state index is -0.280. The number of hydrogen-bond acceptors (Lipinski definition) is 3. The average molecular weight is 319 g/mol. The van der Waals surface area contributed by atoms with Gasteiger partial charge in [-0.1, -0.05) is 12.1 Å². The number of rotatable bonds is 6. The maximum Gasteiger partial charge on any atom is 0.230 e. The Morgan fingerprint density at radius 3 is 2.41 bits per heavy atom. The highest BCUT2D eigenvalue weighted by Gasteiger charge is 2.10. The highest BCUT2D eigenvalue weighted by Crippen LogP contribution is 2.21. The quantitative estimate of drug-likeness (QED) is 0.823. The molecule has 0 radical (unpaired) electrons. The van der Waals surface area contributed by atoms with Crippen LogP contribution < -0.4 is 10.1 Å². The van der Waals surface area contributed by atoms with Gasteiger partial charge in [0.05, 0.1) is 18.9 Å². The highest BCUT2D eigenvalue weighted by atomic mass is 32.2. The van der Waals surface area contributed by atoms with E-state index in [-0.39, 0.29) is 17.8 Å². The fraction of sp³-hybridized carbons (Fsp3) is 0.235. The van der Waals surface area contributed by atoms with Gasteiger partial charge >= 0.3 is 0 Å². The van der Waals surface area contributed by atoms with Crippen molar-refractivity contribution in [2.24, 2.45) is 0 Å². The van der Waals surface area contributed by atoms with Gasteiger partial charge in [-0.05, 0) is 48.9 Å². The molecule has 1 amide bonds. The van der Waals surface area contributed by atoms with E-state index in [2.05, 4.69) is 5.32 Å². The Balaban J connectivity index is 1.83. The number of thioether (sulfide) groups is 1. The number of nitrogens with one attached hydrogen (secondary N) is 1. The van der Waals surface area contributed by atoms with Crippen LogP contribution in [-0.4, -0.2) is 18.8 Å². The first-order chi connectivity index (χ1) is 10.6. The van der Waals surface area contributed by atoms with E-state index >= 15 is 0 Å². The molecule has 0 saturated carbocycles. The lowest BCUT2D eigenvalue weighted by molar-refractivity contribution is -0.119. The lowest BCUT2D eigenvalue weighted by Crippen LogP contribution is -2.28. The van der Waals surface area contributed by atoms with Gasteiger partial charge in [-0.25, -0.2) is 4.39 Å². The summed E-state index contributed by atoms with van der Waals surface area (Å²) in [5.74, 6) is 0.784. The summed E-state index contributed by atoms with van der Waals surface area (Å²) in [5, 5.41) is 2.90. The van der Waals surface area contributed by atoms with Crippen LogP contribution in [0.3, 0.4) is 0 Å². The molecule has 2 rings (SSSR count). The number of benzene rings is 2. The third kappa shape index (κ3) is 4.77. The molecule has 1 N–H and O–H groups in total. The van der Waals surface area contributed by atoms with E-state index in [0.717, 1.165) is 16.2 Å². The molecule has 116 valence electrons. The minimum Gasteiger partial charge on any atom is -0.497 e. The summed E-state index contributed by atoms with van der Waals surface area (Å²) < 4.78 is 18.0. The summed E-state index contributed by atoms with van der Waals surface area (Å²) in [6.07, 6.45) is 0. The summed E-state index contributed by atoms with van der Waals surface area (Å²) in [6.45, 7) is 1.88. The predicted molar refractivity (Wildman–Crippen MR) is 86.7 cm³/mol. The summed E-state index contributed by atoms with van der Waals surface area (Å²) in [5.41, 5.74) is 0.879. The third-order valence-corrected chi connectivity index (χ3v) is 4.19. The molecule has 0 aliphatic rings. The predicted octanol–water partition coefficient (Wildman–Crippen LogP) is 3.80. The van der Waals surface area contributed by atoms with Crippen LogP contribution in [-0.2, 0) is 4.79 Å². The van der Waals surface area contributed by atoms with E-state index in [1.54, 1.807) is 19.2 Å². The molecular formula is C17H18FNO2S. The fourth-order valence-corrected chi connectivity index (χ4v) is 2.65. The molecule has 1 atom stereocenters. The average Bonchev–Trinajstić information content (AvgIpc) is 2.54. The van der Waals surface area contributed by atoms with E-state index in [4.69, 9.17) is 4.74 Å². The van der Waals surface area contributed by atoms with Gasteiger partial charge in [0.2, 0.25) is 5.91 Å². The number of amides is 1. The molecule has 3 nitrogen and oxygen atoms in total. The summed E-state index contributed by atoms with van der Waals surface area (Å²) in [7, 11) is 1.62. The van der Waals surface area contributed by atoms with Crippen LogP contribution in [0.1, 0.15) is 18.5 Å². The molecule has 0 saturated heterocycles. The van der Waals surface area contributed by atoms with Crippen molar-refractivity contribution in [3.63, 3.8) is 0 Å². The fourth-order valence-electron chi connectivity index (χ4n) is 1.94. The van der Waals surface area contributed by atoms with Crippen molar-refractivity contribution >= 4 is 17.7 Å². The minimum absolute atomic E-state index is 0.0577. The number of methoxy groups -OCH3 is 1. The largest absolute Gasteiger partial charge is 0.497 e. The second-order valence-electron chi connectivity index (χ2n) is 4.80. The number of ether oxygens (including phenoxy) is 1. The van der Waals surface area contributed by atoms with Gasteiger partial charge in [0.25, 0.3) is 0 Å². The van der Waals surface area contributed by atoms with Gasteiger partial charge < -0.3 is 10.1 Å². The van der Waals surface area contributed by atoms with Gasteiger partial charge in [-0.3, -0.25) is 4.79 Å². The maximum atomic E-state index is 12.9. The Morgan fingerprint density at radius 1 is 1.18 bits per heavy atom. The van der Waals surface area contributed by atoms with E-state index in [0.29, 0.717) is 5.75 Å². The first-order valence-corrected chi connectivity index (χ1v) is 7.88. The Morgan fingerprint density at radius 2 is 1.82 bits per heavy atom. The first kappa shape index (κ1) is 16.4. The molecule has 0 spiro atoms. The van der Waals surface area contributed by atoms with Crippen molar-refractivity contribution in [2.45, 2.75) is 17.9 Å². The summed E-state index contributed by atoms with van der Waals surface area (Å²) in [4.78, 5) is 13.0. The molecule has 0 heterocycles. The lowest BCUT2D eigenvalue weighted by atomic mass is 10.1. The second kappa shape index (κ2) is 7.84. The number of carbonyl (C=O) groups excluding carboxylic acids is 1. The van der Waals surface area contributed by atoms with E-state index in [9.17, 15) is 9.18 Å². The van der Waals surface area contributed by atoms with E-state index in [1.165, 1.54) is 23.9 Å². The molecule has 0 bridgehead atoms. The lowest BCUT2D eigenvalue weighted by Gasteiger charge is -2.14. The van der Waals surface area contributed by atoms with Crippen molar-refractivity contribution in [1.29, 1.82) is 0 Å². The van der Waals surface area contributed by atoms with Crippen LogP contribution in [0.2, 0.25) is 0 Å². The second-order valence-corrected chi connectivity index (χ2v) is 5.85. The van der Waals surface area contributed by atoms with Crippen LogP contribution >= 0.6 is 11.8 Å². The monoisotopic (exact) mass is 319 g/mol. The molecule has 2 aromatic rings. The summed E-state index contributed by atoms with van der Waals surface area (Å²) in [6, 6.07) is 13.6. The van der Waals surface area contributed by atoms with Crippen molar-refractivity contribution in [1.82, 2.24) is 5.32 Å². The Labute approximate surface area is 133 Å². The molecule has 0 aliphatic carbocycles. The van der Waals surface area contributed by atoms with Gasteiger partial charge in [-0.15, -0.1) is 11.8 Å². The van der Waals surface area contributed by atoms with E-state index in [1.807, 2.05) is 31.2 Å². The topological polar surface area (TPSA) is 38.3 Å². The number of carbonyl (C=O) groups is 1. The Kier molecular flexibility index (Phi) is 5.83. The standard InChI is InChI=1S/C17H18FNO2S/c1-12(13-3-5-14(18)6-4-13)19-17(20)11-22-16-9-7-15(21-2)8-10-16/h3-10,12H,11H2,1-2H3,(H,19,20)/t12-/m0/s1.